The molecule has 0 radical (unpaired) electrons. The number of carboxylic acid groups (broad SMARTS) is 1. The monoisotopic (exact) mass is 337 g/mol. The second-order valence-electron chi connectivity index (χ2n) is 4.18. The Morgan fingerprint density at radius 3 is 2.38 bits per heavy atom. The van der Waals surface area contributed by atoms with Gasteiger partial charge in [0.2, 0.25) is 20.0 Å². The Labute approximate surface area is 122 Å². The Bertz CT molecular complexity index is 742. The van der Waals surface area contributed by atoms with E-state index in [2.05, 4.69) is 4.72 Å². The van der Waals surface area contributed by atoms with Crippen LogP contribution in [0.5, 0.6) is 0 Å². The van der Waals surface area contributed by atoms with E-state index in [-0.39, 0.29) is 24.4 Å². The van der Waals surface area contributed by atoms with Crippen LogP contribution in [0.4, 0.5) is 5.69 Å². The molecule has 0 heterocycles. The number of nitrogens with two attached hydrogens (primary N) is 2. The van der Waals surface area contributed by atoms with Crippen molar-refractivity contribution in [2.24, 2.45) is 5.14 Å². The fourth-order valence-electron chi connectivity index (χ4n) is 1.51. The van der Waals surface area contributed by atoms with Crippen LogP contribution < -0.4 is 15.6 Å². The second kappa shape index (κ2) is 6.39. The maximum absolute atomic E-state index is 12.0. The number of anilines is 1. The van der Waals surface area contributed by atoms with Gasteiger partial charge in [0.05, 0.1) is 16.2 Å². The van der Waals surface area contributed by atoms with Crippen molar-refractivity contribution < 1.29 is 26.7 Å². The molecule has 0 unspecified atom stereocenters. The molecular formula is C10H15N3O6S2. The lowest BCUT2D eigenvalue weighted by atomic mass is 10.2. The number of nitrogen functional groups attached to an aromatic ring is 1. The van der Waals surface area contributed by atoms with E-state index in [1.165, 1.54) is 6.07 Å². The molecule has 0 spiro atoms. The molecule has 11 heteroatoms. The highest BCUT2D eigenvalue weighted by Gasteiger charge is 2.22. The normalized spacial score (nSPS) is 12.2. The van der Waals surface area contributed by atoms with E-state index >= 15 is 0 Å². The smallest absolute Gasteiger partial charge is 0.337 e. The number of sulfonamides is 2. The quantitative estimate of drug-likeness (QED) is 0.362. The highest BCUT2D eigenvalue weighted by atomic mass is 32.2. The van der Waals surface area contributed by atoms with Crippen LogP contribution in [0.25, 0.3) is 0 Å². The Hall–Kier alpha value is -1.69. The summed E-state index contributed by atoms with van der Waals surface area (Å²) in [5.41, 5.74) is 5.07. The van der Waals surface area contributed by atoms with Gasteiger partial charge in [-0.25, -0.2) is 31.5 Å². The van der Waals surface area contributed by atoms with Gasteiger partial charge < -0.3 is 10.8 Å². The van der Waals surface area contributed by atoms with Gasteiger partial charge in [0.1, 0.15) is 0 Å². The first-order valence-corrected chi connectivity index (χ1v) is 8.86. The summed E-state index contributed by atoms with van der Waals surface area (Å²) < 4.78 is 47.5. The number of hydrogen-bond donors (Lipinski definition) is 4. The van der Waals surface area contributed by atoms with Crippen molar-refractivity contribution in [3.05, 3.63) is 23.8 Å². The zero-order chi connectivity index (χ0) is 16.3. The summed E-state index contributed by atoms with van der Waals surface area (Å²) in [5, 5.41) is 13.8. The summed E-state index contributed by atoms with van der Waals surface area (Å²) in [5.74, 6) is -1.82. The molecule has 0 bridgehead atoms. The number of nitrogens with one attached hydrogen (secondary N) is 1. The molecule has 6 N–H and O–H groups in total. The van der Waals surface area contributed by atoms with Crippen LogP contribution in [0.3, 0.4) is 0 Å². The Balaban J connectivity index is 2.91. The number of benzene rings is 1. The molecule has 0 saturated heterocycles. The minimum Gasteiger partial charge on any atom is -0.478 e. The third-order valence-corrected chi connectivity index (χ3v) is 4.80. The van der Waals surface area contributed by atoms with E-state index in [1.54, 1.807) is 0 Å². The first-order chi connectivity index (χ1) is 9.53. The largest absolute Gasteiger partial charge is 0.478 e. The van der Waals surface area contributed by atoms with Gasteiger partial charge in [0, 0.05) is 12.2 Å². The lowest BCUT2D eigenvalue weighted by molar-refractivity contribution is 0.0692. The van der Waals surface area contributed by atoms with E-state index in [0.717, 1.165) is 12.1 Å². The second-order valence-corrected chi connectivity index (χ2v) is 7.65. The van der Waals surface area contributed by atoms with Crippen LogP contribution in [0, 0.1) is 0 Å². The minimum atomic E-state index is -4.09. The number of aromatic carboxylic acids is 1. The zero-order valence-electron chi connectivity index (χ0n) is 10.8. The van der Waals surface area contributed by atoms with Crippen molar-refractivity contribution in [1.29, 1.82) is 0 Å². The molecule has 1 aromatic rings. The van der Waals surface area contributed by atoms with Gasteiger partial charge in [-0.05, 0) is 24.6 Å². The Morgan fingerprint density at radius 2 is 1.86 bits per heavy atom. The van der Waals surface area contributed by atoms with Crippen molar-refractivity contribution in [2.75, 3.05) is 18.0 Å². The van der Waals surface area contributed by atoms with Crippen molar-refractivity contribution >= 4 is 31.7 Å². The number of carboxylic acids is 1. The van der Waals surface area contributed by atoms with E-state index in [0.29, 0.717) is 0 Å². The predicted molar refractivity (Wildman–Crippen MR) is 75.6 cm³/mol. The molecule has 0 atom stereocenters. The first kappa shape index (κ1) is 17.4. The Morgan fingerprint density at radius 1 is 1.24 bits per heavy atom. The molecule has 0 aliphatic carbocycles. The fraction of sp³-hybridized carbons (Fsp3) is 0.300. The highest BCUT2D eigenvalue weighted by Crippen LogP contribution is 2.18. The fourth-order valence-corrected chi connectivity index (χ4v) is 3.30. The molecule has 0 saturated carbocycles. The molecule has 0 aliphatic heterocycles. The summed E-state index contributed by atoms with van der Waals surface area (Å²) in [6.45, 7) is -0.192. The standard InChI is InChI=1S/C10H15N3O6S2/c11-7-2-3-9(8(6-7)10(14)15)21(18,19)13-4-1-5-20(12,16)17/h2-3,6,13H,1,4-5,11H2,(H,14,15)(H2,12,16,17). The number of hydrogen-bond acceptors (Lipinski definition) is 6. The van der Waals surface area contributed by atoms with E-state index in [1.807, 2.05) is 0 Å². The number of primary sulfonamides is 1. The van der Waals surface area contributed by atoms with Gasteiger partial charge in [0.15, 0.2) is 0 Å². The van der Waals surface area contributed by atoms with E-state index in [4.69, 9.17) is 16.0 Å². The number of carbonyl (C=O) groups is 1. The van der Waals surface area contributed by atoms with Crippen LogP contribution in [-0.4, -0.2) is 40.2 Å². The van der Waals surface area contributed by atoms with Crippen LogP contribution >= 0.6 is 0 Å². The SMILES string of the molecule is Nc1ccc(S(=O)(=O)NCCCS(N)(=O)=O)c(C(=O)O)c1. The summed E-state index contributed by atoms with van der Waals surface area (Å²) in [4.78, 5) is 10.6. The van der Waals surface area contributed by atoms with Gasteiger partial charge in [-0.1, -0.05) is 0 Å². The van der Waals surface area contributed by atoms with Crippen molar-refractivity contribution in [3.8, 4) is 0 Å². The average molecular weight is 337 g/mol. The zero-order valence-corrected chi connectivity index (χ0v) is 12.4. The lowest BCUT2D eigenvalue weighted by Gasteiger charge is -2.09. The molecule has 0 aliphatic rings. The first-order valence-electron chi connectivity index (χ1n) is 5.66. The van der Waals surface area contributed by atoms with Gasteiger partial charge in [0.25, 0.3) is 0 Å². The average Bonchev–Trinajstić information content (AvgIpc) is 2.33. The summed E-state index contributed by atoms with van der Waals surface area (Å²) in [7, 11) is -7.77. The van der Waals surface area contributed by atoms with E-state index in [9.17, 15) is 21.6 Å². The molecule has 1 aromatic carbocycles. The maximum Gasteiger partial charge on any atom is 0.337 e. The van der Waals surface area contributed by atoms with Gasteiger partial charge in [-0.15, -0.1) is 0 Å². The molecule has 0 aromatic heterocycles. The minimum absolute atomic E-state index is 0.0323. The van der Waals surface area contributed by atoms with Gasteiger partial charge in [-0.2, -0.15) is 0 Å². The number of rotatable bonds is 7. The molecule has 0 fully saturated rings. The predicted octanol–water partition coefficient (Wildman–Crippen LogP) is -1.08. The molecule has 1 rings (SSSR count). The topological polar surface area (TPSA) is 170 Å². The molecule has 21 heavy (non-hydrogen) atoms. The van der Waals surface area contributed by atoms with Crippen LogP contribution in [0.15, 0.2) is 23.1 Å². The lowest BCUT2D eigenvalue weighted by Crippen LogP contribution is -2.28. The van der Waals surface area contributed by atoms with Gasteiger partial charge in [-0.3, -0.25) is 0 Å². The van der Waals surface area contributed by atoms with Crippen molar-refractivity contribution in [1.82, 2.24) is 4.72 Å². The van der Waals surface area contributed by atoms with E-state index < -0.39 is 36.5 Å². The van der Waals surface area contributed by atoms with Gasteiger partial charge >= 0.3 is 5.97 Å². The van der Waals surface area contributed by atoms with Crippen LogP contribution in [0.1, 0.15) is 16.8 Å². The Kier molecular flexibility index (Phi) is 5.28. The highest BCUT2D eigenvalue weighted by molar-refractivity contribution is 7.89. The third-order valence-electron chi connectivity index (χ3n) is 2.42. The molecular weight excluding hydrogens is 322 g/mol. The van der Waals surface area contributed by atoms with Crippen LogP contribution in [-0.2, 0) is 20.0 Å². The maximum atomic E-state index is 12.0. The summed E-state index contributed by atoms with van der Waals surface area (Å²) >= 11 is 0. The van der Waals surface area contributed by atoms with Crippen LogP contribution in [0.2, 0.25) is 0 Å². The molecule has 118 valence electrons. The molecule has 0 amide bonds. The third kappa shape index (κ3) is 5.30. The summed E-state index contributed by atoms with van der Waals surface area (Å²) in [6, 6.07) is 3.35. The molecule has 9 nitrogen and oxygen atoms in total. The summed E-state index contributed by atoms with van der Waals surface area (Å²) in [6.07, 6.45) is -0.0323. The van der Waals surface area contributed by atoms with Crippen molar-refractivity contribution in [2.45, 2.75) is 11.3 Å². The van der Waals surface area contributed by atoms with Crippen molar-refractivity contribution in [3.63, 3.8) is 0 Å².